The van der Waals surface area contributed by atoms with E-state index in [1.54, 1.807) is 7.11 Å². The third-order valence-corrected chi connectivity index (χ3v) is 2.31. The Hall–Kier alpha value is -0.780. The molecule has 3 nitrogen and oxygen atoms in total. The van der Waals surface area contributed by atoms with Crippen LogP contribution in [0.5, 0.6) is 5.75 Å². The van der Waals surface area contributed by atoms with Gasteiger partial charge in [0.25, 0.3) is 0 Å². The van der Waals surface area contributed by atoms with Gasteiger partial charge in [0.1, 0.15) is 5.75 Å². The first-order chi connectivity index (χ1) is 6.72. The highest BCUT2D eigenvalue weighted by atomic mass is 32.2. The summed E-state index contributed by atoms with van der Waals surface area (Å²) in [6.45, 7) is 0.648. The Morgan fingerprint density at radius 2 is 2.14 bits per heavy atom. The van der Waals surface area contributed by atoms with Crippen molar-refractivity contribution >= 4 is 28.5 Å². The minimum atomic E-state index is -0.0986. The fourth-order valence-electron chi connectivity index (χ4n) is 0.925. The maximum Gasteiger partial charge on any atom is 0.232 e. The fourth-order valence-corrected chi connectivity index (χ4v) is 1.46. The Morgan fingerprint density at radius 1 is 1.50 bits per heavy atom. The van der Waals surface area contributed by atoms with E-state index in [1.807, 2.05) is 24.3 Å². The van der Waals surface area contributed by atoms with Crippen LogP contribution in [0, 0.1) is 0 Å². The lowest BCUT2D eigenvalue weighted by atomic mass is 10.2. The summed E-state index contributed by atoms with van der Waals surface area (Å²) >= 11 is 5.53. The first kappa shape index (κ1) is 11.3. The van der Waals surface area contributed by atoms with E-state index in [9.17, 15) is 0 Å². The quantitative estimate of drug-likeness (QED) is 0.612. The van der Waals surface area contributed by atoms with Gasteiger partial charge < -0.3 is 9.84 Å². The largest absolute Gasteiger partial charge is 0.497 e. The number of rotatable bonds is 4. The van der Waals surface area contributed by atoms with Gasteiger partial charge in [0.05, 0.1) is 7.11 Å². The van der Waals surface area contributed by atoms with Crippen LogP contribution in [0.4, 0.5) is 0 Å². The lowest BCUT2D eigenvalue weighted by molar-refractivity contribution is 0.414. The predicted molar refractivity (Wildman–Crippen MR) is 62.7 cm³/mol. The van der Waals surface area contributed by atoms with Gasteiger partial charge >= 0.3 is 0 Å². The smallest absolute Gasteiger partial charge is 0.232 e. The van der Waals surface area contributed by atoms with Gasteiger partial charge in [0.2, 0.25) is 4.38 Å². The van der Waals surface area contributed by atoms with Crippen LogP contribution in [0.25, 0.3) is 0 Å². The summed E-state index contributed by atoms with van der Waals surface area (Å²) in [4.78, 5) is 0. The molecule has 0 saturated heterocycles. The molecule has 76 valence electrons. The molecule has 0 aromatic heterocycles. The summed E-state index contributed by atoms with van der Waals surface area (Å²) < 4.78 is 7.85. The lowest BCUT2D eigenvalue weighted by Crippen LogP contribution is -2.05. The number of hydrogen-bond acceptors (Lipinski definition) is 4. The molecule has 5 heteroatoms. The van der Waals surface area contributed by atoms with Crippen molar-refractivity contribution in [1.82, 2.24) is 4.72 Å². The first-order valence-corrected chi connectivity index (χ1v) is 5.20. The average molecular weight is 229 g/mol. The molecule has 0 aliphatic heterocycles. The summed E-state index contributed by atoms with van der Waals surface area (Å²) in [5.74, 6) is 0.832. The van der Waals surface area contributed by atoms with Crippen molar-refractivity contribution < 1.29 is 9.84 Å². The zero-order valence-electron chi connectivity index (χ0n) is 7.69. The highest BCUT2D eigenvalue weighted by Crippen LogP contribution is 2.11. The molecule has 14 heavy (non-hydrogen) atoms. The summed E-state index contributed by atoms with van der Waals surface area (Å²) in [6, 6.07) is 7.68. The highest BCUT2D eigenvalue weighted by molar-refractivity contribution is 8.21. The molecule has 0 amide bonds. The second kappa shape index (κ2) is 5.85. The van der Waals surface area contributed by atoms with Gasteiger partial charge in [-0.25, -0.2) is 0 Å². The van der Waals surface area contributed by atoms with Crippen LogP contribution in [-0.2, 0) is 6.54 Å². The van der Waals surface area contributed by atoms with E-state index in [1.165, 1.54) is 0 Å². The number of aliphatic hydroxyl groups is 1. The van der Waals surface area contributed by atoms with Crippen LogP contribution < -0.4 is 9.46 Å². The first-order valence-electron chi connectivity index (χ1n) is 3.98. The number of methoxy groups -OCH3 is 1. The predicted octanol–water partition coefficient (Wildman–Crippen LogP) is 2.28. The van der Waals surface area contributed by atoms with E-state index in [-0.39, 0.29) is 4.38 Å². The minimum absolute atomic E-state index is 0.0986. The number of nitrogens with one attached hydrogen (secondary N) is 1. The second-order valence-corrected chi connectivity index (χ2v) is 4.06. The Bertz CT molecular complexity index is 300. The molecule has 0 fully saturated rings. The van der Waals surface area contributed by atoms with Crippen LogP contribution >= 0.6 is 24.2 Å². The van der Waals surface area contributed by atoms with Crippen molar-refractivity contribution in [2.75, 3.05) is 7.11 Å². The molecule has 0 saturated carbocycles. The fraction of sp³-hybridized carbons (Fsp3) is 0.222. The molecular formula is C9H11NO2S2. The van der Waals surface area contributed by atoms with Crippen molar-refractivity contribution in [3.05, 3.63) is 29.8 Å². The molecule has 1 aromatic carbocycles. The molecule has 1 rings (SSSR count). The van der Waals surface area contributed by atoms with E-state index in [0.29, 0.717) is 6.54 Å². The molecule has 2 N–H and O–H groups in total. The van der Waals surface area contributed by atoms with E-state index in [2.05, 4.69) is 16.9 Å². The van der Waals surface area contributed by atoms with Crippen molar-refractivity contribution in [3.63, 3.8) is 0 Å². The van der Waals surface area contributed by atoms with E-state index >= 15 is 0 Å². The highest BCUT2D eigenvalue weighted by Gasteiger charge is 1.95. The van der Waals surface area contributed by atoms with Crippen LogP contribution in [0.3, 0.4) is 0 Å². The standard InChI is InChI=1S/C9H11NO2S2/c1-12-8-4-2-7(3-5-8)6-10-14-9(11)13/h2-5,10H,6H2,1H3,(H,11,13). The maximum atomic E-state index is 8.72. The third kappa shape index (κ3) is 3.95. The average Bonchev–Trinajstić information content (AvgIpc) is 2.18. The Balaban J connectivity index is 2.40. The Morgan fingerprint density at radius 3 is 2.64 bits per heavy atom. The number of thiocarbonyl (C=S) groups is 1. The number of aliphatic hydroxyl groups excluding tert-OH is 1. The molecular weight excluding hydrogens is 218 g/mol. The topological polar surface area (TPSA) is 41.5 Å². The van der Waals surface area contributed by atoms with Crippen molar-refractivity contribution in [3.8, 4) is 5.75 Å². The van der Waals surface area contributed by atoms with E-state index in [0.717, 1.165) is 23.3 Å². The third-order valence-electron chi connectivity index (χ3n) is 1.59. The number of hydrogen-bond donors (Lipinski definition) is 2. The van der Waals surface area contributed by atoms with Crippen molar-refractivity contribution in [1.29, 1.82) is 0 Å². The molecule has 0 aliphatic carbocycles. The van der Waals surface area contributed by atoms with Gasteiger partial charge in [0.15, 0.2) is 0 Å². The molecule has 0 radical (unpaired) electrons. The van der Waals surface area contributed by atoms with Gasteiger partial charge in [-0.1, -0.05) is 12.1 Å². The summed E-state index contributed by atoms with van der Waals surface area (Å²) in [5, 5.41) is 8.72. The molecule has 0 aliphatic rings. The Labute approximate surface area is 92.6 Å². The van der Waals surface area contributed by atoms with Crippen LogP contribution in [0.2, 0.25) is 0 Å². The number of benzene rings is 1. The lowest BCUT2D eigenvalue weighted by Gasteiger charge is -2.03. The van der Waals surface area contributed by atoms with E-state index in [4.69, 9.17) is 9.84 Å². The van der Waals surface area contributed by atoms with Gasteiger partial charge in [-0.05, 0) is 29.9 Å². The second-order valence-electron chi connectivity index (χ2n) is 2.54. The molecule has 0 bridgehead atoms. The normalized spacial score (nSPS) is 9.79. The summed E-state index contributed by atoms with van der Waals surface area (Å²) in [5.41, 5.74) is 1.11. The van der Waals surface area contributed by atoms with Gasteiger partial charge in [0, 0.05) is 18.5 Å². The molecule has 0 heterocycles. The van der Waals surface area contributed by atoms with Crippen LogP contribution in [-0.4, -0.2) is 16.6 Å². The SMILES string of the molecule is COc1ccc(CNSC(O)=S)cc1. The monoisotopic (exact) mass is 229 g/mol. The summed E-state index contributed by atoms with van der Waals surface area (Å²) in [6.07, 6.45) is 0. The summed E-state index contributed by atoms with van der Waals surface area (Å²) in [7, 11) is 1.63. The minimum Gasteiger partial charge on any atom is -0.497 e. The van der Waals surface area contributed by atoms with Gasteiger partial charge in [-0.2, -0.15) is 0 Å². The Kier molecular flexibility index (Phi) is 4.72. The van der Waals surface area contributed by atoms with Gasteiger partial charge in [-0.3, -0.25) is 4.72 Å². The maximum absolute atomic E-state index is 8.72. The van der Waals surface area contributed by atoms with Crippen molar-refractivity contribution in [2.45, 2.75) is 6.54 Å². The van der Waals surface area contributed by atoms with Crippen LogP contribution in [0.15, 0.2) is 24.3 Å². The molecule has 0 unspecified atom stereocenters. The molecule has 0 atom stereocenters. The zero-order chi connectivity index (χ0) is 10.4. The van der Waals surface area contributed by atoms with Crippen LogP contribution in [0.1, 0.15) is 5.56 Å². The molecule has 0 spiro atoms. The molecule has 1 aromatic rings. The zero-order valence-corrected chi connectivity index (χ0v) is 9.32. The van der Waals surface area contributed by atoms with E-state index < -0.39 is 0 Å². The van der Waals surface area contributed by atoms with Crippen molar-refractivity contribution in [2.24, 2.45) is 0 Å². The number of ether oxygens (including phenoxy) is 1. The van der Waals surface area contributed by atoms with Gasteiger partial charge in [-0.15, -0.1) is 0 Å².